The number of hydrogen-bond acceptors (Lipinski definition) is 7. The molecule has 0 saturated carbocycles. The average Bonchev–Trinajstić information content (AvgIpc) is 3.61. The first kappa shape index (κ1) is 25.4. The van der Waals surface area contributed by atoms with E-state index in [1.807, 2.05) is 18.2 Å². The summed E-state index contributed by atoms with van der Waals surface area (Å²) in [6, 6.07) is 16.1. The van der Waals surface area contributed by atoms with Crippen molar-refractivity contribution >= 4 is 42.6 Å². The monoisotopic (exact) mass is 539 g/mol. The third kappa shape index (κ3) is 5.14. The van der Waals surface area contributed by atoms with Crippen LogP contribution in [-0.2, 0) is 27.8 Å². The number of carbonyl (C=O) groups excluding carboxylic acids is 1. The van der Waals surface area contributed by atoms with E-state index in [9.17, 15) is 13.2 Å². The van der Waals surface area contributed by atoms with Crippen LogP contribution in [0.2, 0.25) is 0 Å². The second-order valence-corrected chi connectivity index (χ2v) is 11.9. The molecule has 1 aliphatic rings. The van der Waals surface area contributed by atoms with Crippen LogP contribution in [0.5, 0.6) is 5.75 Å². The van der Waals surface area contributed by atoms with Gasteiger partial charge in [0, 0.05) is 19.0 Å². The topological polar surface area (TPSA) is 93.0 Å². The average molecular weight is 540 g/mol. The van der Waals surface area contributed by atoms with Gasteiger partial charge in [0.05, 0.1) is 35.0 Å². The van der Waals surface area contributed by atoms with Crippen molar-refractivity contribution in [3.63, 3.8) is 0 Å². The molecule has 194 valence electrons. The Kier molecular flexibility index (Phi) is 7.32. The number of thiazole rings is 1. The lowest BCUT2D eigenvalue weighted by Gasteiger charge is -2.32. The fourth-order valence-electron chi connectivity index (χ4n) is 4.65. The van der Waals surface area contributed by atoms with Crippen LogP contribution >= 0.6 is 11.3 Å². The summed E-state index contributed by atoms with van der Waals surface area (Å²) in [6.07, 6.45) is 3.32. The first-order valence-corrected chi connectivity index (χ1v) is 14.5. The lowest BCUT2D eigenvalue weighted by molar-refractivity contribution is -0.123. The van der Waals surface area contributed by atoms with E-state index in [1.165, 1.54) is 22.8 Å². The number of ether oxygens (including phenoxy) is 1. The summed E-state index contributed by atoms with van der Waals surface area (Å²) in [6.45, 7) is 2.92. The van der Waals surface area contributed by atoms with Gasteiger partial charge >= 0.3 is 0 Å². The number of anilines is 1. The van der Waals surface area contributed by atoms with Gasteiger partial charge in [0.15, 0.2) is 5.13 Å². The number of benzene rings is 2. The van der Waals surface area contributed by atoms with E-state index < -0.39 is 10.0 Å². The van der Waals surface area contributed by atoms with Crippen molar-refractivity contribution in [1.29, 1.82) is 0 Å². The van der Waals surface area contributed by atoms with E-state index in [4.69, 9.17) is 14.1 Å². The maximum atomic E-state index is 13.8. The van der Waals surface area contributed by atoms with E-state index in [-0.39, 0.29) is 36.4 Å². The van der Waals surface area contributed by atoms with Crippen molar-refractivity contribution in [2.24, 2.45) is 5.92 Å². The minimum atomic E-state index is -3.65. The number of para-hydroxylation sites is 1. The molecule has 1 fully saturated rings. The standard InChI is InChI=1S/C27H29N3O5S2/c1-3-19-6-4-8-24-25(19)28-27(36-24)30(18-22-7-5-17-35-22)26(31)20-13-15-29(16-14-20)37(32,33)23-11-9-21(34-2)10-12-23/h4-12,17,20H,3,13-16,18H2,1-2H3. The molecular formula is C27H29N3O5S2. The van der Waals surface area contributed by atoms with E-state index in [0.717, 1.165) is 22.2 Å². The zero-order valence-electron chi connectivity index (χ0n) is 20.8. The van der Waals surface area contributed by atoms with Gasteiger partial charge in [-0.1, -0.05) is 30.4 Å². The molecule has 0 spiro atoms. The number of furan rings is 1. The van der Waals surface area contributed by atoms with Crippen LogP contribution in [0.25, 0.3) is 10.2 Å². The van der Waals surface area contributed by atoms with Gasteiger partial charge < -0.3 is 9.15 Å². The number of sulfonamides is 1. The van der Waals surface area contributed by atoms with Gasteiger partial charge in [0.2, 0.25) is 15.9 Å². The van der Waals surface area contributed by atoms with Gasteiger partial charge in [-0.2, -0.15) is 4.31 Å². The Morgan fingerprint density at radius 3 is 2.54 bits per heavy atom. The number of piperidine rings is 1. The first-order chi connectivity index (χ1) is 17.9. The Labute approximate surface area is 220 Å². The summed E-state index contributed by atoms with van der Waals surface area (Å²) in [4.78, 5) is 20.6. The highest BCUT2D eigenvalue weighted by atomic mass is 32.2. The second-order valence-electron chi connectivity index (χ2n) is 8.97. The molecule has 1 aliphatic heterocycles. The Morgan fingerprint density at radius 2 is 1.89 bits per heavy atom. The number of carbonyl (C=O) groups is 1. The Bertz CT molecular complexity index is 1470. The lowest BCUT2D eigenvalue weighted by Crippen LogP contribution is -2.44. The minimum Gasteiger partial charge on any atom is -0.497 e. The molecule has 0 N–H and O–H groups in total. The molecule has 2 aromatic carbocycles. The number of rotatable bonds is 8. The molecule has 0 atom stereocenters. The molecule has 8 nitrogen and oxygen atoms in total. The molecule has 0 radical (unpaired) electrons. The molecule has 1 amide bonds. The predicted molar refractivity (Wildman–Crippen MR) is 143 cm³/mol. The lowest BCUT2D eigenvalue weighted by atomic mass is 9.96. The molecule has 1 saturated heterocycles. The van der Waals surface area contributed by atoms with Gasteiger partial charge in [0.25, 0.3) is 0 Å². The fourth-order valence-corrected chi connectivity index (χ4v) is 7.14. The predicted octanol–water partition coefficient (Wildman–Crippen LogP) is 5.09. The van der Waals surface area contributed by atoms with Crippen molar-refractivity contribution in [2.75, 3.05) is 25.1 Å². The third-order valence-corrected chi connectivity index (χ3v) is 9.72. The molecule has 10 heteroatoms. The van der Waals surface area contributed by atoms with Crippen molar-refractivity contribution in [1.82, 2.24) is 9.29 Å². The summed E-state index contributed by atoms with van der Waals surface area (Å²) in [5.74, 6) is 0.897. The van der Waals surface area contributed by atoms with Crippen LogP contribution in [0.3, 0.4) is 0 Å². The zero-order valence-corrected chi connectivity index (χ0v) is 22.4. The molecular weight excluding hydrogens is 510 g/mol. The van der Waals surface area contributed by atoms with Crippen molar-refractivity contribution in [3.05, 3.63) is 72.2 Å². The van der Waals surface area contributed by atoms with Crippen LogP contribution < -0.4 is 9.64 Å². The summed E-state index contributed by atoms with van der Waals surface area (Å²) in [5, 5.41) is 0.630. The number of amides is 1. The number of fused-ring (bicyclic) bond motifs is 1. The fraction of sp³-hybridized carbons (Fsp3) is 0.333. The molecule has 0 bridgehead atoms. The Morgan fingerprint density at radius 1 is 1.14 bits per heavy atom. The van der Waals surface area contributed by atoms with Crippen LogP contribution in [-0.4, -0.2) is 43.8 Å². The van der Waals surface area contributed by atoms with Crippen LogP contribution in [0.15, 0.2) is 70.2 Å². The maximum absolute atomic E-state index is 13.8. The van der Waals surface area contributed by atoms with Gasteiger partial charge in [-0.3, -0.25) is 9.69 Å². The maximum Gasteiger partial charge on any atom is 0.243 e. The molecule has 4 aromatic rings. The van der Waals surface area contributed by atoms with Crippen LogP contribution in [0.1, 0.15) is 31.1 Å². The zero-order chi connectivity index (χ0) is 26.0. The molecule has 3 heterocycles. The number of aryl methyl sites for hydroxylation is 1. The Balaban J connectivity index is 1.36. The number of methoxy groups -OCH3 is 1. The quantitative estimate of drug-likeness (QED) is 0.310. The molecule has 0 aliphatic carbocycles. The molecule has 2 aromatic heterocycles. The highest BCUT2D eigenvalue weighted by molar-refractivity contribution is 7.89. The molecule has 5 rings (SSSR count). The summed E-state index contributed by atoms with van der Waals surface area (Å²) in [7, 11) is -2.11. The highest BCUT2D eigenvalue weighted by Gasteiger charge is 2.35. The van der Waals surface area contributed by atoms with Gasteiger partial charge in [0.1, 0.15) is 11.5 Å². The Hall–Kier alpha value is -3.21. The third-order valence-electron chi connectivity index (χ3n) is 6.76. The van der Waals surface area contributed by atoms with Gasteiger partial charge in [-0.25, -0.2) is 13.4 Å². The number of nitrogens with zero attached hydrogens (tertiary/aromatic N) is 3. The SMILES string of the molecule is CCc1cccc2sc(N(Cc3ccco3)C(=O)C3CCN(S(=O)(=O)c4ccc(OC)cc4)CC3)nc12. The number of aromatic nitrogens is 1. The minimum absolute atomic E-state index is 0.0602. The highest BCUT2D eigenvalue weighted by Crippen LogP contribution is 2.34. The summed E-state index contributed by atoms with van der Waals surface area (Å²) >= 11 is 1.49. The van der Waals surface area contributed by atoms with Crippen LogP contribution in [0.4, 0.5) is 5.13 Å². The second kappa shape index (κ2) is 10.6. The van der Waals surface area contributed by atoms with E-state index in [1.54, 1.807) is 41.5 Å². The van der Waals surface area contributed by atoms with Crippen molar-refractivity contribution in [3.8, 4) is 5.75 Å². The van der Waals surface area contributed by atoms with Crippen molar-refractivity contribution in [2.45, 2.75) is 37.6 Å². The van der Waals surface area contributed by atoms with Gasteiger partial charge in [-0.05, 0) is 67.3 Å². The summed E-state index contributed by atoms with van der Waals surface area (Å²) < 4.78 is 39.5. The largest absolute Gasteiger partial charge is 0.497 e. The summed E-state index contributed by atoms with van der Waals surface area (Å²) in [5.41, 5.74) is 2.06. The van der Waals surface area contributed by atoms with Gasteiger partial charge in [-0.15, -0.1) is 0 Å². The van der Waals surface area contributed by atoms with Crippen LogP contribution in [0, 0.1) is 5.92 Å². The number of hydrogen-bond donors (Lipinski definition) is 0. The van der Waals surface area contributed by atoms with E-state index in [2.05, 4.69) is 13.0 Å². The molecule has 0 unspecified atom stereocenters. The van der Waals surface area contributed by atoms with E-state index >= 15 is 0 Å². The molecule has 37 heavy (non-hydrogen) atoms. The van der Waals surface area contributed by atoms with E-state index in [0.29, 0.717) is 29.5 Å². The normalized spacial score (nSPS) is 15.2. The van der Waals surface area contributed by atoms with Crippen molar-refractivity contribution < 1.29 is 22.4 Å². The smallest absolute Gasteiger partial charge is 0.243 e. The first-order valence-electron chi connectivity index (χ1n) is 12.3.